The Balaban J connectivity index is 2.00. The number of ether oxygens (including phenoxy) is 1. The van der Waals surface area contributed by atoms with Crippen molar-refractivity contribution in [1.29, 1.82) is 0 Å². The Labute approximate surface area is 204 Å². The van der Waals surface area contributed by atoms with Gasteiger partial charge in [0.1, 0.15) is 0 Å². The summed E-state index contributed by atoms with van der Waals surface area (Å²) < 4.78 is 6.59. The van der Waals surface area contributed by atoms with Gasteiger partial charge in [0.05, 0.1) is 12.1 Å². The summed E-state index contributed by atoms with van der Waals surface area (Å²) in [4.78, 5) is 68.2. The highest BCUT2D eigenvalue weighted by molar-refractivity contribution is 5.94. The van der Waals surface area contributed by atoms with Crippen molar-refractivity contribution in [2.45, 2.75) is 92.2 Å². The third-order valence-corrected chi connectivity index (χ3v) is 7.08. The number of carbonyl (C=O) groups is 3. The van der Waals surface area contributed by atoms with Crippen LogP contribution in [-0.4, -0.2) is 64.0 Å². The van der Waals surface area contributed by atoms with Crippen LogP contribution in [0.25, 0.3) is 0 Å². The van der Waals surface area contributed by atoms with E-state index in [1.807, 2.05) is 41.5 Å². The number of amides is 4. The van der Waals surface area contributed by atoms with E-state index in [1.165, 1.54) is 12.4 Å². The van der Waals surface area contributed by atoms with Gasteiger partial charge in [-0.1, -0.05) is 41.5 Å². The lowest BCUT2D eigenvalue weighted by Gasteiger charge is -2.41. The SMILES string of the molecule is CC1(C)CC(N=C=O)CC(C)(C=[N+]2C(=O)OC(=O)[N+](=CC3(C)CC(N=C=O)CC(C)(C)C3)C2=O)C1. The normalized spacial score (nSPS) is 36.8. The van der Waals surface area contributed by atoms with Gasteiger partial charge >= 0.3 is 18.2 Å². The summed E-state index contributed by atoms with van der Waals surface area (Å²) in [6.45, 7) is 11.9. The van der Waals surface area contributed by atoms with Gasteiger partial charge in [0, 0.05) is 20.0 Å². The summed E-state index contributed by atoms with van der Waals surface area (Å²) >= 11 is 0. The Hall–Kier alpha value is -3.09. The van der Waals surface area contributed by atoms with Crippen LogP contribution < -0.4 is 0 Å². The second-order valence-corrected chi connectivity index (χ2v) is 12.5. The lowest BCUT2D eigenvalue weighted by Crippen LogP contribution is -2.51. The summed E-state index contributed by atoms with van der Waals surface area (Å²) in [6.07, 6.45) is 7.60. The fourth-order valence-electron chi connectivity index (χ4n) is 6.78. The molecule has 4 unspecified atom stereocenters. The first kappa shape index (κ1) is 26.5. The molecule has 3 rings (SSSR count). The molecule has 0 aromatic heterocycles. The minimum Gasteiger partial charge on any atom is -0.279 e. The van der Waals surface area contributed by atoms with Crippen LogP contribution in [0, 0.1) is 21.7 Å². The van der Waals surface area contributed by atoms with E-state index in [9.17, 15) is 24.0 Å². The molecule has 188 valence electrons. The van der Waals surface area contributed by atoms with Gasteiger partial charge in [-0.05, 0) is 49.4 Å². The number of hydrogen-bond donors (Lipinski definition) is 0. The fraction of sp³-hybridized carbons (Fsp3) is 0.720. The topological polar surface area (TPSA) is 125 Å². The maximum atomic E-state index is 13.4. The van der Waals surface area contributed by atoms with Crippen molar-refractivity contribution in [2.24, 2.45) is 31.6 Å². The molecule has 2 saturated carbocycles. The van der Waals surface area contributed by atoms with E-state index in [1.54, 1.807) is 12.2 Å². The number of nitrogens with zero attached hydrogens (tertiary/aromatic N) is 4. The molecule has 3 fully saturated rings. The Morgan fingerprint density at radius 2 is 1.11 bits per heavy atom. The Kier molecular flexibility index (Phi) is 6.95. The van der Waals surface area contributed by atoms with Gasteiger partial charge in [0.25, 0.3) is 0 Å². The van der Waals surface area contributed by atoms with Gasteiger partial charge < -0.3 is 0 Å². The van der Waals surface area contributed by atoms with Crippen LogP contribution in [-0.2, 0) is 14.3 Å². The minimum absolute atomic E-state index is 0.200. The van der Waals surface area contributed by atoms with Crippen LogP contribution in [0.15, 0.2) is 9.98 Å². The molecule has 0 aromatic rings. The third kappa shape index (κ3) is 6.13. The number of carbonyl (C=O) groups excluding carboxylic acids is 5. The summed E-state index contributed by atoms with van der Waals surface area (Å²) in [5.41, 5.74) is -1.72. The average Bonchev–Trinajstić information content (AvgIpc) is 2.66. The number of cyclic esters (lactones) is 2. The largest absolute Gasteiger partial charge is 0.694 e. The van der Waals surface area contributed by atoms with Gasteiger partial charge in [0.15, 0.2) is 12.4 Å². The van der Waals surface area contributed by atoms with Crippen LogP contribution in [0.5, 0.6) is 0 Å². The Morgan fingerprint density at radius 1 is 0.743 bits per heavy atom. The molecule has 35 heavy (non-hydrogen) atoms. The number of hydrogen-bond acceptors (Lipinski definition) is 8. The van der Waals surface area contributed by atoms with Crippen LogP contribution in [0.3, 0.4) is 0 Å². The van der Waals surface area contributed by atoms with Gasteiger partial charge in [0.2, 0.25) is 12.2 Å². The van der Waals surface area contributed by atoms with Crippen LogP contribution in [0.4, 0.5) is 14.4 Å². The van der Waals surface area contributed by atoms with E-state index in [0.717, 1.165) is 9.15 Å². The maximum Gasteiger partial charge on any atom is 0.694 e. The lowest BCUT2D eigenvalue weighted by atomic mass is 9.63. The van der Waals surface area contributed by atoms with E-state index < -0.39 is 29.0 Å². The van der Waals surface area contributed by atoms with Crippen molar-refractivity contribution in [3.63, 3.8) is 0 Å². The molecule has 1 saturated heterocycles. The average molecular weight is 487 g/mol. The molecule has 0 spiro atoms. The van der Waals surface area contributed by atoms with E-state index in [4.69, 9.17) is 4.74 Å². The first-order valence-electron chi connectivity index (χ1n) is 11.8. The van der Waals surface area contributed by atoms with Crippen molar-refractivity contribution in [3.05, 3.63) is 0 Å². The predicted octanol–water partition coefficient (Wildman–Crippen LogP) is 4.38. The second kappa shape index (κ2) is 9.17. The molecule has 4 amide bonds. The van der Waals surface area contributed by atoms with E-state index in [0.29, 0.717) is 38.5 Å². The molecule has 0 N–H and O–H groups in total. The molecule has 1 heterocycles. The number of isocyanates is 2. The smallest absolute Gasteiger partial charge is 0.279 e. The Bertz CT molecular complexity index is 1020. The lowest BCUT2D eigenvalue weighted by molar-refractivity contribution is -0.511. The Morgan fingerprint density at radius 3 is 1.46 bits per heavy atom. The molecule has 0 bridgehead atoms. The number of aliphatic imine (C=N–C) groups is 2. The predicted molar refractivity (Wildman–Crippen MR) is 125 cm³/mol. The zero-order valence-corrected chi connectivity index (χ0v) is 21.3. The summed E-state index contributed by atoms with van der Waals surface area (Å²) in [7, 11) is 0. The van der Waals surface area contributed by atoms with Crippen LogP contribution in [0.1, 0.15) is 80.1 Å². The van der Waals surface area contributed by atoms with Crippen molar-refractivity contribution in [2.75, 3.05) is 0 Å². The molecule has 2 aliphatic carbocycles. The van der Waals surface area contributed by atoms with Gasteiger partial charge in [-0.15, -0.1) is 0 Å². The summed E-state index contributed by atoms with van der Waals surface area (Å²) in [5, 5.41) is 0. The van der Waals surface area contributed by atoms with E-state index in [-0.39, 0.29) is 22.9 Å². The van der Waals surface area contributed by atoms with Crippen molar-refractivity contribution in [1.82, 2.24) is 0 Å². The molecule has 1 aliphatic heterocycles. The summed E-state index contributed by atoms with van der Waals surface area (Å²) in [5.74, 6) is 0. The molecule has 4 atom stereocenters. The van der Waals surface area contributed by atoms with Crippen molar-refractivity contribution < 1.29 is 37.9 Å². The van der Waals surface area contributed by atoms with Crippen LogP contribution >= 0.6 is 0 Å². The third-order valence-electron chi connectivity index (χ3n) is 7.08. The highest BCUT2D eigenvalue weighted by Gasteiger charge is 2.57. The summed E-state index contributed by atoms with van der Waals surface area (Å²) in [6, 6.07) is -1.42. The molecule has 10 nitrogen and oxygen atoms in total. The molecule has 10 heteroatoms. The number of imide groups is 2. The number of rotatable bonds is 4. The van der Waals surface area contributed by atoms with Crippen molar-refractivity contribution in [3.8, 4) is 0 Å². The van der Waals surface area contributed by atoms with E-state index >= 15 is 0 Å². The van der Waals surface area contributed by atoms with E-state index in [2.05, 4.69) is 9.98 Å². The van der Waals surface area contributed by atoms with Gasteiger partial charge in [-0.2, -0.15) is 14.4 Å². The number of urea groups is 1. The van der Waals surface area contributed by atoms with Crippen molar-refractivity contribution >= 4 is 42.8 Å². The molecule has 0 aromatic carbocycles. The first-order valence-corrected chi connectivity index (χ1v) is 11.8. The highest BCUT2D eigenvalue weighted by atomic mass is 16.6. The second-order valence-electron chi connectivity index (χ2n) is 12.5. The fourth-order valence-corrected chi connectivity index (χ4v) is 6.78. The molecule has 3 aliphatic rings. The van der Waals surface area contributed by atoms with Gasteiger partial charge in [-0.25, -0.2) is 19.6 Å². The first-order chi connectivity index (χ1) is 16.1. The highest BCUT2D eigenvalue weighted by Crippen LogP contribution is 2.47. The maximum absolute atomic E-state index is 13.4. The monoisotopic (exact) mass is 486 g/mol. The van der Waals surface area contributed by atoms with Gasteiger partial charge in [-0.3, -0.25) is 4.74 Å². The minimum atomic E-state index is -1.07. The standard InChI is InChI=1S/C25H34N4O6/c1-22(2)7-17(26-15-30)9-24(5,11-22)13-28-19(32)29(21(34)35-20(28)33)14-25(6)10-18(27-16-31)8-23(3,4)12-25/h13-14,17-18H,7-12H2,1-6H3/q+2. The van der Waals surface area contributed by atoms with Crippen LogP contribution in [0.2, 0.25) is 0 Å². The zero-order chi connectivity index (χ0) is 26.2. The zero-order valence-electron chi connectivity index (χ0n) is 21.3. The quantitative estimate of drug-likeness (QED) is 0.251. The molecule has 0 radical (unpaired) electrons. The molecular formula is C25H34N4O6+2. The molecular weight excluding hydrogens is 452 g/mol.